The van der Waals surface area contributed by atoms with Gasteiger partial charge in [-0.3, -0.25) is 19.3 Å². The van der Waals surface area contributed by atoms with E-state index in [4.69, 9.17) is 5.73 Å². The van der Waals surface area contributed by atoms with Gasteiger partial charge in [-0.2, -0.15) is 0 Å². The number of rotatable bonds is 3. The van der Waals surface area contributed by atoms with Gasteiger partial charge < -0.3 is 16.4 Å². The summed E-state index contributed by atoms with van der Waals surface area (Å²) in [5, 5.41) is 5.83. The van der Waals surface area contributed by atoms with Crippen LogP contribution in [0.2, 0.25) is 0 Å². The lowest BCUT2D eigenvalue weighted by molar-refractivity contribution is -0.115. The average molecular weight is 406 g/mol. The Bertz CT molecular complexity index is 996. The molecule has 0 unspecified atom stereocenters. The highest BCUT2D eigenvalue weighted by atomic mass is 16.2. The number of carbonyl (C=O) groups is 3. The van der Waals surface area contributed by atoms with E-state index in [2.05, 4.69) is 10.6 Å². The van der Waals surface area contributed by atoms with Crippen molar-refractivity contribution in [1.29, 1.82) is 0 Å². The molecule has 0 radical (unpaired) electrons. The van der Waals surface area contributed by atoms with E-state index in [1.807, 2.05) is 19.1 Å². The Kier molecular flexibility index (Phi) is 5.55. The molecule has 7 nitrogen and oxygen atoms in total. The van der Waals surface area contributed by atoms with Crippen molar-refractivity contribution in [2.75, 3.05) is 16.8 Å². The number of benzene rings is 2. The van der Waals surface area contributed by atoms with Gasteiger partial charge in [0.15, 0.2) is 0 Å². The van der Waals surface area contributed by atoms with Crippen LogP contribution in [0, 0.1) is 6.92 Å². The highest BCUT2D eigenvalue weighted by Crippen LogP contribution is 2.32. The zero-order chi connectivity index (χ0) is 21.3. The average Bonchev–Trinajstić information content (AvgIpc) is 2.73. The van der Waals surface area contributed by atoms with E-state index in [1.54, 1.807) is 30.3 Å². The largest absolute Gasteiger partial charge is 0.349 e. The van der Waals surface area contributed by atoms with Crippen molar-refractivity contribution in [1.82, 2.24) is 5.32 Å². The zero-order valence-electron chi connectivity index (χ0n) is 17.0. The summed E-state index contributed by atoms with van der Waals surface area (Å²) in [7, 11) is 0. The molecule has 0 atom stereocenters. The van der Waals surface area contributed by atoms with Crippen molar-refractivity contribution in [3.8, 4) is 0 Å². The first-order chi connectivity index (χ1) is 14.4. The van der Waals surface area contributed by atoms with Crippen LogP contribution in [0.3, 0.4) is 0 Å². The van der Waals surface area contributed by atoms with Crippen LogP contribution in [0.4, 0.5) is 11.4 Å². The fraction of sp³-hybridized carbons (Fsp3) is 0.348. The van der Waals surface area contributed by atoms with Gasteiger partial charge in [-0.05, 0) is 62.9 Å². The molecule has 2 aromatic rings. The molecule has 4 rings (SSSR count). The number of fused-ring (bicyclic) bond motifs is 1. The SMILES string of the molecule is Cc1cccc(C(=O)N2CC(=O)Nc3cc(C(=O)NC4CCC(N)CC4)ccc32)c1. The zero-order valence-corrected chi connectivity index (χ0v) is 17.0. The second-order valence-electron chi connectivity index (χ2n) is 8.13. The molecule has 0 aromatic heterocycles. The molecule has 1 aliphatic carbocycles. The molecule has 2 aromatic carbocycles. The molecule has 0 spiro atoms. The first-order valence-corrected chi connectivity index (χ1v) is 10.3. The molecule has 1 heterocycles. The Balaban J connectivity index is 1.55. The van der Waals surface area contributed by atoms with E-state index in [-0.39, 0.29) is 36.3 Å². The number of amides is 3. The standard InChI is InChI=1S/C23H26N4O3/c1-14-3-2-4-16(11-14)23(30)27-13-21(28)26-19-12-15(5-10-20(19)27)22(29)25-18-8-6-17(24)7-9-18/h2-5,10-12,17-18H,6-9,13,24H2,1H3,(H,25,29)(H,26,28). The van der Waals surface area contributed by atoms with Crippen LogP contribution >= 0.6 is 0 Å². The molecule has 156 valence electrons. The lowest BCUT2D eigenvalue weighted by atomic mass is 9.91. The topological polar surface area (TPSA) is 105 Å². The second kappa shape index (κ2) is 8.28. The Labute approximate surface area is 175 Å². The van der Waals surface area contributed by atoms with Crippen molar-refractivity contribution >= 4 is 29.1 Å². The normalized spacial score (nSPS) is 20.9. The number of hydrogen-bond acceptors (Lipinski definition) is 4. The van der Waals surface area contributed by atoms with Crippen LogP contribution in [-0.2, 0) is 4.79 Å². The van der Waals surface area contributed by atoms with Crippen LogP contribution in [-0.4, -0.2) is 36.3 Å². The Morgan fingerprint density at radius 2 is 1.83 bits per heavy atom. The van der Waals surface area contributed by atoms with Crippen LogP contribution < -0.4 is 21.3 Å². The molecule has 0 bridgehead atoms. The summed E-state index contributed by atoms with van der Waals surface area (Å²) in [6.45, 7) is 1.85. The summed E-state index contributed by atoms with van der Waals surface area (Å²) >= 11 is 0. The van der Waals surface area contributed by atoms with E-state index in [0.29, 0.717) is 22.5 Å². The lowest BCUT2D eigenvalue weighted by Crippen LogP contribution is -2.42. The summed E-state index contributed by atoms with van der Waals surface area (Å²) in [5.41, 5.74) is 8.92. The number of nitrogens with two attached hydrogens (primary N) is 1. The molecule has 2 aliphatic rings. The highest BCUT2D eigenvalue weighted by molar-refractivity contribution is 6.15. The Morgan fingerprint density at radius 3 is 2.57 bits per heavy atom. The number of nitrogens with one attached hydrogen (secondary N) is 2. The van der Waals surface area contributed by atoms with Crippen molar-refractivity contribution in [2.24, 2.45) is 5.73 Å². The molecular weight excluding hydrogens is 380 g/mol. The van der Waals surface area contributed by atoms with E-state index in [1.165, 1.54) is 4.90 Å². The molecule has 1 saturated carbocycles. The quantitative estimate of drug-likeness (QED) is 0.729. The minimum absolute atomic E-state index is 0.0619. The molecule has 0 saturated heterocycles. The highest BCUT2D eigenvalue weighted by Gasteiger charge is 2.29. The third kappa shape index (κ3) is 4.21. The molecule has 4 N–H and O–H groups in total. The smallest absolute Gasteiger partial charge is 0.258 e. The van der Waals surface area contributed by atoms with E-state index in [0.717, 1.165) is 31.2 Å². The van der Waals surface area contributed by atoms with Gasteiger partial charge in [-0.25, -0.2) is 0 Å². The minimum Gasteiger partial charge on any atom is -0.349 e. The third-order valence-electron chi connectivity index (χ3n) is 5.74. The van der Waals surface area contributed by atoms with Crippen molar-refractivity contribution in [2.45, 2.75) is 44.7 Å². The summed E-state index contributed by atoms with van der Waals surface area (Å²) in [4.78, 5) is 39.4. The van der Waals surface area contributed by atoms with E-state index >= 15 is 0 Å². The van der Waals surface area contributed by atoms with Gasteiger partial charge in [-0.1, -0.05) is 17.7 Å². The van der Waals surface area contributed by atoms with Crippen LogP contribution in [0.5, 0.6) is 0 Å². The van der Waals surface area contributed by atoms with Crippen molar-refractivity contribution in [3.05, 3.63) is 59.2 Å². The summed E-state index contributed by atoms with van der Waals surface area (Å²) in [6, 6.07) is 12.6. The second-order valence-corrected chi connectivity index (χ2v) is 8.13. The number of aryl methyl sites for hydroxylation is 1. The maximum atomic E-state index is 13.0. The van der Waals surface area contributed by atoms with Gasteiger partial charge >= 0.3 is 0 Å². The summed E-state index contributed by atoms with van der Waals surface area (Å²) < 4.78 is 0. The van der Waals surface area contributed by atoms with Gasteiger partial charge in [0.25, 0.3) is 11.8 Å². The van der Waals surface area contributed by atoms with Gasteiger partial charge in [0.2, 0.25) is 5.91 Å². The number of nitrogens with zero attached hydrogens (tertiary/aromatic N) is 1. The van der Waals surface area contributed by atoms with Crippen LogP contribution in [0.1, 0.15) is 52.0 Å². The number of hydrogen-bond donors (Lipinski definition) is 3. The van der Waals surface area contributed by atoms with Crippen molar-refractivity contribution < 1.29 is 14.4 Å². The lowest BCUT2D eigenvalue weighted by Gasteiger charge is -2.30. The predicted octanol–water partition coefficient (Wildman–Crippen LogP) is 2.59. The third-order valence-corrected chi connectivity index (χ3v) is 5.74. The van der Waals surface area contributed by atoms with Crippen molar-refractivity contribution in [3.63, 3.8) is 0 Å². The van der Waals surface area contributed by atoms with Gasteiger partial charge in [-0.15, -0.1) is 0 Å². The molecule has 3 amide bonds. The maximum absolute atomic E-state index is 13.0. The molecule has 1 fully saturated rings. The maximum Gasteiger partial charge on any atom is 0.258 e. The minimum atomic E-state index is -0.290. The summed E-state index contributed by atoms with van der Waals surface area (Å²) in [6.07, 6.45) is 3.54. The van der Waals surface area contributed by atoms with E-state index < -0.39 is 0 Å². The van der Waals surface area contributed by atoms with E-state index in [9.17, 15) is 14.4 Å². The molecule has 1 aliphatic heterocycles. The fourth-order valence-corrected chi connectivity index (χ4v) is 4.08. The van der Waals surface area contributed by atoms with Crippen LogP contribution in [0.25, 0.3) is 0 Å². The summed E-state index contributed by atoms with van der Waals surface area (Å²) in [5.74, 6) is -0.720. The monoisotopic (exact) mass is 406 g/mol. The Morgan fingerprint density at radius 1 is 1.07 bits per heavy atom. The fourth-order valence-electron chi connectivity index (χ4n) is 4.08. The van der Waals surface area contributed by atoms with Gasteiger partial charge in [0.1, 0.15) is 6.54 Å². The Hall–Kier alpha value is -3.19. The molecular formula is C23H26N4O3. The molecule has 30 heavy (non-hydrogen) atoms. The number of anilines is 2. The first-order valence-electron chi connectivity index (χ1n) is 10.3. The van der Waals surface area contributed by atoms with Gasteiger partial charge in [0, 0.05) is 23.2 Å². The van der Waals surface area contributed by atoms with Crippen LogP contribution in [0.15, 0.2) is 42.5 Å². The number of carbonyl (C=O) groups excluding carboxylic acids is 3. The predicted molar refractivity (Wildman–Crippen MR) is 116 cm³/mol. The molecule has 7 heteroatoms. The van der Waals surface area contributed by atoms with Gasteiger partial charge in [0.05, 0.1) is 11.4 Å². The first kappa shape index (κ1) is 20.1.